The topological polar surface area (TPSA) is 180 Å². The molecular formula is C51H58N8O6S3. The average molecular weight is 975 g/mol. The smallest absolute Gasteiger partial charge is 0.243 e. The van der Waals surface area contributed by atoms with Gasteiger partial charge in [-0.1, -0.05) is 82.3 Å². The third kappa shape index (κ3) is 11.1. The van der Waals surface area contributed by atoms with E-state index in [1.807, 2.05) is 125 Å². The number of aryl methyl sites for hydroxylation is 2. The summed E-state index contributed by atoms with van der Waals surface area (Å²) in [7, 11) is 0. The number of hydrogen-bond donors (Lipinski definition) is 3. The van der Waals surface area contributed by atoms with Gasteiger partial charge < -0.3 is 30.3 Å². The molecule has 0 radical (unpaired) electrons. The fraction of sp³-hybridized carbons (Fsp3) is 0.412. The number of thiazole rings is 3. The molecule has 14 nitrogen and oxygen atoms in total. The van der Waals surface area contributed by atoms with Crippen LogP contribution in [0.2, 0.25) is 0 Å². The van der Waals surface area contributed by atoms with Gasteiger partial charge in [-0.3, -0.25) is 24.2 Å². The minimum atomic E-state index is -0.835. The van der Waals surface area contributed by atoms with Gasteiger partial charge in [-0.15, -0.1) is 34.0 Å². The highest BCUT2D eigenvalue weighted by Gasteiger charge is 2.45. The molecule has 2 aliphatic rings. The van der Waals surface area contributed by atoms with Crippen molar-refractivity contribution in [3.8, 4) is 20.9 Å². The SMILES string of the molecule is Cc1ncsc1-c1ccc(CNC(=O)[C@@H]2C[C@@H](OCc3csc([C@H](C(=O)N4C[C@H](O)C[C@H]4C(=O)NCc4ccc(-c5scnc5C)cc4)C(C)C)n3)CN2C(=O)[C@@H](c2ccccn2)C(C)C)cc1. The Hall–Kier alpha value is -5.72. The monoisotopic (exact) mass is 974 g/mol. The Balaban J connectivity index is 0.916. The van der Waals surface area contributed by atoms with E-state index in [9.17, 15) is 24.3 Å². The van der Waals surface area contributed by atoms with E-state index in [1.54, 1.807) is 33.8 Å². The molecule has 0 aliphatic carbocycles. The number of nitrogens with zero attached hydrogens (tertiary/aromatic N) is 6. The lowest BCUT2D eigenvalue weighted by Gasteiger charge is -2.29. The van der Waals surface area contributed by atoms with E-state index in [0.29, 0.717) is 22.9 Å². The number of hydrogen-bond acceptors (Lipinski definition) is 13. The van der Waals surface area contributed by atoms with Crippen LogP contribution in [0, 0.1) is 25.7 Å². The quantitative estimate of drug-likeness (QED) is 0.0822. The molecule has 17 heteroatoms. The number of benzene rings is 2. The summed E-state index contributed by atoms with van der Waals surface area (Å²) in [5.74, 6) is -2.48. The number of aliphatic hydroxyl groups excluding tert-OH is 1. The van der Waals surface area contributed by atoms with Gasteiger partial charge in [-0.2, -0.15) is 0 Å². The number of carbonyl (C=O) groups excluding carboxylic acids is 4. The molecule has 0 saturated carbocycles. The maximum absolute atomic E-state index is 14.5. The van der Waals surface area contributed by atoms with Gasteiger partial charge in [0.15, 0.2) is 0 Å². The lowest BCUT2D eigenvalue weighted by molar-refractivity contribution is -0.140. The summed E-state index contributed by atoms with van der Waals surface area (Å²) in [4.78, 5) is 80.1. The zero-order valence-corrected chi connectivity index (χ0v) is 41.6. The Morgan fingerprint density at radius 3 is 1.76 bits per heavy atom. The van der Waals surface area contributed by atoms with Crippen molar-refractivity contribution in [1.29, 1.82) is 0 Å². The lowest BCUT2D eigenvalue weighted by atomic mass is 9.90. The summed E-state index contributed by atoms with van der Waals surface area (Å²) in [6, 6.07) is 19.9. The average Bonchev–Trinajstić information content (AvgIpc) is 4.20. The first-order chi connectivity index (χ1) is 32.7. The fourth-order valence-electron chi connectivity index (χ4n) is 9.12. The molecule has 68 heavy (non-hydrogen) atoms. The van der Waals surface area contributed by atoms with Crippen LogP contribution >= 0.6 is 34.0 Å². The fourth-order valence-corrected chi connectivity index (χ4v) is 11.8. The normalized spacial score (nSPS) is 19.1. The van der Waals surface area contributed by atoms with Crippen molar-refractivity contribution in [2.75, 3.05) is 13.1 Å². The number of likely N-dealkylation sites (tertiary alicyclic amines) is 2. The van der Waals surface area contributed by atoms with Crippen LogP contribution in [0.5, 0.6) is 0 Å². The van der Waals surface area contributed by atoms with Crippen LogP contribution in [0.4, 0.5) is 0 Å². The largest absolute Gasteiger partial charge is 0.391 e. The Bertz CT molecular complexity index is 2680. The van der Waals surface area contributed by atoms with Crippen molar-refractivity contribution in [1.82, 2.24) is 40.4 Å². The molecule has 2 fully saturated rings. The maximum Gasteiger partial charge on any atom is 0.243 e. The molecule has 2 aliphatic heterocycles. The minimum absolute atomic E-state index is 0.0491. The zero-order chi connectivity index (χ0) is 48.1. The molecule has 0 spiro atoms. The van der Waals surface area contributed by atoms with E-state index in [2.05, 4.69) is 25.6 Å². The molecule has 6 atom stereocenters. The predicted molar refractivity (Wildman–Crippen MR) is 265 cm³/mol. The van der Waals surface area contributed by atoms with Gasteiger partial charge in [0.1, 0.15) is 17.1 Å². The lowest BCUT2D eigenvalue weighted by Crippen LogP contribution is -2.48. The molecule has 3 N–H and O–H groups in total. The van der Waals surface area contributed by atoms with Gasteiger partial charge in [0, 0.05) is 50.6 Å². The number of aromatic nitrogens is 4. The molecule has 0 unspecified atom stereocenters. The van der Waals surface area contributed by atoms with Crippen molar-refractivity contribution < 1.29 is 29.0 Å². The van der Waals surface area contributed by atoms with Gasteiger partial charge in [0.25, 0.3) is 0 Å². The highest BCUT2D eigenvalue weighted by molar-refractivity contribution is 7.13. The second-order valence-corrected chi connectivity index (χ2v) is 20.9. The van der Waals surface area contributed by atoms with E-state index < -0.39 is 36.1 Å². The van der Waals surface area contributed by atoms with Crippen LogP contribution < -0.4 is 10.6 Å². The summed E-state index contributed by atoms with van der Waals surface area (Å²) in [6.07, 6.45) is 0.807. The van der Waals surface area contributed by atoms with Gasteiger partial charge in [0.05, 0.1) is 74.2 Å². The summed E-state index contributed by atoms with van der Waals surface area (Å²) in [5, 5.41) is 19.3. The maximum atomic E-state index is 14.5. The first kappa shape index (κ1) is 48.7. The molecule has 2 saturated heterocycles. The molecule has 2 aromatic carbocycles. The summed E-state index contributed by atoms with van der Waals surface area (Å²) < 4.78 is 6.45. The van der Waals surface area contributed by atoms with E-state index >= 15 is 0 Å². The summed E-state index contributed by atoms with van der Waals surface area (Å²) in [6.45, 7) is 12.8. The first-order valence-corrected chi connectivity index (χ1v) is 25.7. The summed E-state index contributed by atoms with van der Waals surface area (Å²) >= 11 is 4.52. The second kappa shape index (κ2) is 21.7. The highest BCUT2D eigenvalue weighted by atomic mass is 32.1. The number of carbonyl (C=O) groups is 4. The number of aliphatic hydroxyl groups is 1. The van der Waals surface area contributed by atoms with Crippen molar-refractivity contribution in [3.05, 3.63) is 128 Å². The van der Waals surface area contributed by atoms with E-state index in [-0.39, 0.29) is 74.5 Å². The van der Waals surface area contributed by atoms with Gasteiger partial charge >= 0.3 is 0 Å². The van der Waals surface area contributed by atoms with Crippen LogP contribution in [0.3, 0.4) is 0 Å². The third-order valence-corrected chi connectivity index (χ3v) is 15.7. The van der Waals surface area contributed by atoms with Crippen LogP contribution in [0.1, 0.15) is 91.3 Å². The molecule has 6 heterocycles. The van der Waals surface area contributed by atoms with Crippen LogP contribution in [-0.4, -0.2) is 95.9 Å². The van der Waals surface area contributed by atoms with E-state index in [1.165, 1.54) is 16.2 Å². The third-order valence-electron chi connectivity index (χ3n) is 12.7. The molecule has 356 valence electrons. The highest BCUT2D eigenvalue weighted by Crippen LogP contribution is 2.35. The van der Waals surface area contributed by atoms with Gasteiger partial charge in [-0.05, 0) is 60.1 Å². The van der Waals surface area contributed by atoms with E-state index in [4.69, 9.17) is 9.72 Å². The molecule has 6 aromatic rings. The molecule has 4 amide bonds. The second-order valence-electron chi connectivity index (χ2n) is 18.3. The minimum Gasteiger partial charge on any atom is -0.391 e. The summed E-state index contributed by atoms with van der Waals surface area (Å²) in [5.41, 5.74) is 10.8. The van der Waals surface area contributed by atoms with Gasteiger partial charge in [0.2, 0.25) is 23.6 Å². The number of amides is 4. The Labute approximate surface area is 409 Å². The standard InChI is InChI=1S/C51H58N8O6S3/c1-29(2)43(40-9-7-8-18-52-40)50(63)59-24-39(20-42(59)48(62)54-22-34-12-16-36(17-13-34)46-32(6)56-28-68-46)65-25-37-26-66-49(57-37)44(30(3)4)51(64)58-23-38(60)19-41(58)47(61)53-21-33-10-14-35(15-11-33)45-31(5)55-27-67-45/h7-18,26-30,38-39,41-44,60H,19-25H2,1-6H3,(H,53,61)(H,54,62)/t38-,39-,41+,42+,43-,44-/m1/s1. The predicted octanol–water partition coefficient (Wildman–Crippen LogP) is 7.66. The van der Waals surface area contributed by atoms with Crippen LogP contribution in [0.25, 0.3) is 20.9 Å². The Morgan fingerprint density at radius 1 is 0.706 bits per heavy atom. The number of pyridine rings is 1. The molecular weight excluding hydrogens is 917 g/mol. The van der Waals surface area contributed by atoms with Crippen molar-refractivity contribution >= 4 is 57.6 Å². The zero-order valence-electron chi connectivity index (χ0n) is 39.1. The van der Waals surface area contributed by atoms with Crippen molar-refractivity contribution in [2.24, 2.45) is 11.8 Å². The first-order valence-electron chi connectivity index (χ1n) is 23.1. The van der Waals surface area contributed by atoms with E-state index in [0.717, 1.165) is 43.4 Å². The Kier molecular flexibility index (Phi) is 15.6. The number of nitrogens with one attached hydrogen (secondary N) is 2. The molecule has 4 aromatic heterocycles. The number of β-amino-alcohol motifs (C(OH)–C–C–N with tert-alkyl or cyclic N) is 1. The molecule has 8 rings (SSSR count). The van der Waals surface area contributed by atoms with Gasteiger partial charge in [-0.25, -0.2) is 15.0 Å². The van der Waals surface area contributed by atoms with Crippen LogP contribution in [0.15, 0.2) is 89.3 Å². The number of ether oxygens (including phenoxy) is 1. The number of rotatable bonds is 17. The molecule has 0 bridgehead atoms. The van der Waals surface area contributed by atoms with Crippen LogP contribution in [-0.2, 0) is 43.6 Å². The Morgan fingerprint density at radius 2 is 1.25 bits per heavy atom. The van der Waals surface area contributed by atoms with Crippen molar-refractivity contribution in [3.63, 3.8) is 0 Å². The van der Waals surface area contributed by atoms with Crippen molar-refractivity contribution in [2.45, 2.75) is 110 Å².